The zero-order valence-corrected chi connectivity index (χ0v) is 8.50. The SMILES string of the molecule is C=C(C)c1cnc(COC)n1CC. The summed E-state index contributed by atoms with van der Waals surface area (Å²) in [7, 11) is 1.68. The highest BCUT2D eigenvalue weighted by Gasteiger charge is 2.07. The van der Waals surface area contributed by atoms with Gasteiger partial charge in [0.15, 0.2) is 0 Å². The zero-order chi connectivity index (χ0) is 9.84. The van der Waals surface area contributed by atoms with Gasteiger partial charge < -0.3 is 9.30 Å². The Balaban J connectivity index is 3.03. The summed E-state index contributed by atoms with van der Waals surface area (Å²) in [6, 6.07) is 0. The zero-order valence-electron chi connectivity index (χ0n) is 8.50. The quantitative estimate of drug-likeness (QED) is 0.709. The van der Waals surface area contributed by atoms with Gasteiger partial charge in [-0.05, 0) is 19.4 Å². The maximum Gasteiger partial charge on any atom is 0.135 e. The Morgan fingerprint density at radius 2 is 2.38 bits per heavy atom. The molecule has 72 valence electrons. The van der Waals surface area contributed by atoms with Gasteiger partial charge in [-0.3, -0.25) is 0 Å². The van der Waals surface area contributed by atoms with E-state index in [1.807, 2.05) is 13.1 Å². The van der Waals surface area contributed by atoms with Crippen LogP contribution in [0.25, 0.3) is 5.57 Å². The highest BCUT2D eigenvalue weighted by molar-refractivity contribution is 5.57. The van der Waals surface area contributed by atoms with Crippen LogP contribution in [0.15, 0.2) is 12.8 Å². The number of ether oxygens (including phenoxy) is 1. The van der Waals surface area contributed by atoms with Gasteiger partial charge in [-0.2, -0.15) is 0 Å². The van der Waals surface area contributed by atoms with E-state index in [1.165, 1.54) is 0 Å². The average Bonchev–Trinajstić information content (AvgIpc) is 2.48. The predicted molar refractivity (Wildman–Crippen MR) is 53.3 cm³/mol. The molecule has 1 aromatic rings. The molecule has 0 aromatic carbocycles. The lowest BCUT2D eigenvalue weighted by molar-refractivity contribution is 0.174. The Morgan fingerprint density at radius 1 is 1.69 bits per heavy atom. The first-order chi connectivity index (χ1) is 6.20. The number of rotatable bonds is 4. The van der Waals surface area contributed by atoms with Crippen molar-refractivity contribution in [3.05, 3.63) is 24.3 Å². The molecule has 3 nitrogen and oxygen atoms in total. The second-order valence-corrected chi connectivity index (χ2v) is 3.02. The van der Waals surface area contributed by atoms with Crippen LogP contribution < -0.4 is 0 Å². The van der Waals surface area contributed by atoms with Crippen LogP contribution in [0.5, 0.6) is 0 Å². The first-order valence-corrected chi connectivity index (χ1v) is 4.40. The Hall–Kier alpha value is -1.09. The number of nitrogens with zero attached hydrogens (tertiary/aromatic N) is 2. The fraction of sp³-hybridized carbons (Fsp3) is 0.500. The molecule has 0 saturated carbocycles. The van der Waals surface area contributed by atoms with Gasteiger partial charge in [0.05, 0.1) is 11.9 Å². The Labute approximate surface area is 79.0 Å². The molecule has 13 heavy (non-hydrogen) atoms. The number of hydrogen-bond acceptors (Lipinski definition) is 2. The normalized spacial score (nSPS) is 10.4. The van der Waals surface area contributed by atoms with Gasteiger partial charge in [0.2, 0.25) is 0 Å². The van der Waals surface area contributed by atoms with E-state index in [1.54, 1.807) is 7.11 Å². The third kappa shape index (κ3) is 1.98. The minimum atomic E-state index is 0.557. The highest BCUT2D eigenvalue weighted by atomic mass is 16.5. The van der Waals surface area contributed by atoms with Crippen molar-refractivity contribution >= 4 is 5.57 Å². The van der Waals surface area contributed by atoms with Crippen LogP contribution in [-0.2, 0) is 17.9 Å². The van der Waals surface area contributed by atoms with Crippen LogP contribution in [0.4, 0.5) is 0 Å². The van der Waals surface area contributed by atoms with E-state index in [4.69, 9.17) is 4.74 Å². The Bertz CT molecular complexity index is 302. The molecule has 0 N–H and O–H groups in total. The number of aromatic nitrogens is 2. The van der Waals surface area contributed by atoms with Gasteiger partial charge in [-0.1, -0.05) is 6.58 Å². The van der Waals surface area contributed by atoms with E-state index >= 15 is 0 Å². The van der Waals surface area contributed by atoms with Crippen molar-refractivity contribution in [3.63, 3.8) is 0 Å². The highest BCUT2D eigenvalue weighted by Crippen LogP contribution is 2.14. The van der Waals surface area contributed by atoms with Crippen molar-refractivity contribution in [2.75, 3.05) is 7.11 Å². The summed E-state index contributed by atoms with van der Waals surface area (Å²) in [5.41, 5.74) is 2.13. The molecule has 0 aliphatic rings. The lowest BCUT2D eigenvalue weighted by Gasteiger charge is -2.07. The monoisotopic (exact) mass is 180 g/mol. The summed E-state index contributed by atoms with van der Waals surface area (Å²) >= 11 is 0. The Morgan fingerprint density at radius 3 is 2.85 bits per heavy atom. The summed E-state index contributed by atoms with van der Waals surface area (Å²) in [6.07, 6.45) is 1.85. The molecule has 0 spiro atoms. The van der Waals surface area contributed by atoms with E-state index in [9.17, 15) is 0 Å². The second kappa shape index (κ2) is 4.23. The fourth-order valence-corrected chi connectivity index (χ4v) is 1.35. The van der Waals surface area contributed by atoms with Crippen LogP contribution >= 0.6 is 0 Å². The Kier molecular flexibility index (Phi) is 3.25. The van der Waals surface area contributed by atoms with Crippen LogP contribution in [-0.4, -0.2) is 16.7 Å². The summed E-state index contributed by atoms with van der Waals surface area (Å²) in [5, 5.41) is 0. The molecule has 0 atom stereocenters. The molecule has 1 rings (SSSR count). The summed E-state index contributed by atoms with van der Waals surface area (Å²) < 4.78 is 7.17. The first kappa shape index (κ1) is 9.99. The number of methoxy groups -OCH3 is 1. The average molecular weight is 180 g/mol. The lowest BCUT2D eigenvalue weighted by atomic mass is 10.2. The number of hydrogen-bond donors (Lipinski definition) is 0. The van der Waals surface area contributed by atoms with Gasteiger partial charge in [0.1, 0.15) is 12.4 Å². The third-order valence-corrected chi connectivity index (χ3v) is 1.97. The van der Waals surface area contributed by atoms with Crippen molar-refractivity contribution in [2.45, 2.75) is 27.0 Å². The third-order valence-electron chi connectivity index (χ3n) is 1.97. The van der Waals surface area contributed by atoms with Crippen LogP contribution in [0, 0.1) is 0 Å². The van der Waals surface area contributed by atoms with E-state index in [2.05, 4.69) is 23.1 Å². The first-order valence-electron chi connectivity index (χ1n) is 4.40. The van der Waals surface area contributed by atoms with Crippen molar-refractivity contribution in [2.24, 2.45) is 0 Å². The molecule has 0 aliphatic carbocycles. The molecular formula is C10H16N2O. The maximum absolute atomic E-state index is 5.05. The minimum absolute atomic E-state index is 0.557. The largest absolute Gasteiger partial charge is 0.377 e. The smallest absolute Gasteiger partial charge is 0.135 e. The summed E-state index contributed by atoms with van der Waals surface area (Å²) in [6.45, 7) is 9.44. The number of imidazole rings is 1. The summed E-state index contributed by atoms with van der Waals surface area (Å²) in [5.74, 6) is 0.961. The molecule has 0 saturated heterocycles. The van der Waals surface area contributed by atoms with Crippen molar-refractivity contribution in [1.82, 2.24) is 9.55 Å². The molecule has 0 aliphatic heterocycles. The minimum Gasteiger partial charge on any atom is -0.377 e. The topological polar surface area (TPSA) is 27.1 Å². The van der Waals surface area contributed by atoms with Crippen molar-refractivity contribution in [1.29, 1.82) is 0 Å². The van der Waals surface area contributed by atoms with E-state index < -0.39 is 0 Å². The van der Waals surface area contributed by atoms with Gasteiger partial charge in [-0.15, -0.1) is 0 Å². The van der Waals surface area contributed by atoms with Gasteiger partial charge in [0, 0.05) is 13.7 Å². The van der Waals surface area contributed by atoms with E-state index in [0.29, 0.717) is 6.61 Å². The predicted octanol–water partition coefficient (Wildman–Crippen LogP) is 2.08. The van der Waals surface area contributed by atoms with Gasteiger partial charge in [-0.25, -0.2) is 4.98 Å². The van der Waals surface area contributed by atoms with Crippen LogP contribution in [0.2, 0.25) is 0 Å². The standard InChI is InChI=1S/C10H16N2O/c1-5-12-9(8(2)3)6-11-10(12)7-13-4/h6H,2,5,7H2,1,3-4H3. The maximum atomic E-state index is 5.05. The van der Waals surface area contributed by atoms with Crippen LogP contribution in [0.1, 0.15) is 25.4 Å². The molecule has 0 fully saturated rings. The van der Waals surface area contributed by atoms with Gasteiger partial charge >= 0.3 is 0 Å². The van der Waals surface area contributed by atoms with Crippen LogP contribution in [0.3, 0.4) is 0 Å². The van der Waals surface area contributed by atoms with Gasteiger partial charge in [0.25, 0.3) is 0 Å². The molecule has 1 aromatic heterocycles. The van der Waals surface area contributed by atoms with E-state index in [0.717, 1.165) is 23.6 Å². The van der Waals surface area contributed by atoms with Crippen molar-refractivity contribution in [3.8, 4) is 0 Å². The fourth-order valence-electron chi connectivity index (χ4n) is 1.35. The molecule has 3 heteroatoms. The molecule has 0 bridgehead atoms. The lowest BCUT2D eigenvalue weighted by Crippen LogP contribution is -2.05. The van der Waals surface area contributed by atoms with Crippen molar-refractivity contribution < 1.29 is 4.74 Å². The molecule has 1 heterocycles. The summed E-state index contributed by atoms with van der Waals surface area (Å²) in [4.78, 5) is 4.28. The molecular weight excluding hydrogens is 164 g/mol. The number of allylic oxidation sites excluding steroid dienone is 1. The molecule has 0 amide bonds. The second-order valence-electron chi connectivity index (χ2n) is 3.02. The van der Waals surface area contributed by atoms with E-state index in [-0.39, 0.29) is 0 Å². The molecule has 0 radical (unpaired) electrons. The molecule has 0 unspecified atom stereocenters.